The molecule has 5 nitrogen and oxygen atoms in total. The molecule has 2 amide bonds. The van der Waals surface area contributed by atoms with Gasteiger partial charge in [0.25, 0.3) is 0 Å². The van der Waals surface area contributed by atoms with Gasteiger partial charge < -0.3 is 5.32 Å². The predicted octanol–water partition coefficient (Wildman–Crippen LogP) is 3.73. The van der Waals surface area contributed by atoms with Crippen LogP contribution in [0.5, 0.6) is 0 Å². The van der Waals surface area contributed by atoms with Crippen LogP contribution in [-0.4, -0.2) is 46.3 Å². The Hall–Kier alpha value is -1.04. The van der Waals surface area contributed by atoms with Crippen LogP contribution in [0.2, 0.25) is 0 Å². The van der Waals surface area contributed by atoms with Crippen molar-refractivity contribution in [2.45, 2.75) is 89.3 Å². The molecule has 1 atom stereocenters. The average Bonchev–Trinajstić information content (AvgIpc) is 2.89. The lowest BCUT2D eigenvalue weighted by Crippen LogP contribution is -2.39. The molecule has 0 radical (unpaired) electrons. The minimum atomic E-state index is -0.305. The molecule has 1 saturated heterocycles. The Labute approximate surface area is 156 Å². The van der Waals surface area contributed by atoms with Crippen LogP contribution >= 0.6 is 11.8 Å². The number of thioether (sulfide) groups is 1. The third kappa shape index (κ3) is 6.32. The molecule has 6 heteroatoms. The largest absolute Gasteiger partial charge is 0.353 e. The van der Waals surface area contributed by atoms with E-state index in [4.69, 9.17) is 0 Å². The minimum Gasteiger partial charge on any atom is -0.353 e. The van der Waals surface area contributed by atoms with E-state index in [1.807, 2.05) is 4.90 Å². The molecule has 2 rings (SSSR count). The van der Waals surface area contributed by atoms with Crippen LogP contribution < -0.4 is 5.32 Å². The summed E-state index contributed by atoms with van der Waals surface area (Å²) in [4.78, 5) is 31.5. The van der Waals surface area contributed by atoms with E-state index in [0.29, 0.717) is 12.6 Å². The van der Waals surface area contributed by atoms with Crippen LogP contribution in [0, 0.1) is 0 Å². The SMILES string of the molecule is CCCCN=C1SC(CC(=O)NC2CCCCC2)C(=O)N1CCCC. The molecule has 1 aliphatic heterocycles. The van der Waals surface area contributed by atoms with Crippen molar-refractivity contribution in [3.63, 3.8) is 0 Å². The van der Waals surface area contributed by atoms with Crippen molar-refractivity contribution in [1.82, 2.24) is 10.2 Å². The van der Waals surface area contributed by atoms with Crippen molar-refractivity contribution in [2.75, 3.05) is 13.1 Å². The second kappa shape index (κ2) is 10.8. The molecule has 2 fully saturated rings. The van der Waals surface area contributed by atoms with Gasteiger partial charge in [-0.25, -0.2) is 0 Å². The monoisotopic (exact) mass is 367 g/mol. The Morgan fingerprint density at radius 2 is 1.92 bits per heavy atom. The normalized spacial score (nSPS) is 23.4. The number of aliphatic imine (C=N–C) groups is 1. The first kappa shape index (κ1) is 20.3. The number of nitrogens with zero attached hydrogens (tertiary/aromatic N) is 2. The van der Waals surface area contributed by atoms with Gasteiger partial charge in [0.1, 0.15) is 5.25 Å². The Kier molecular flexibility index (Phi) is 8.79. The summed E-state index contributed by atoms with van der Waals surface area (Å²) in [5.74, 6) is 0.0792. The highest BCUT2D eigenvalue weighted by molar-refractivity contribution is 8.15. The smallest absolute Gasteiger partial charge is 0.242 e. The Bertz CT molecular complexity index is 475. The second-order valence-corrected chi connectivity index (χ2v) is 8.24. The standard InChI is InChI=1S/C19H33N3O2S/c1-3-5-12-20-19-22(13-6-4-2)18(24)16(25-19)14-17(23)21-15-10-8-7-9-11-15/h15-16H,3-14H2,1-2H3,(H,21,23). The van der Waals surface area contributed by atoms with E-state index in [-0.39, 0.29) is 23.5 Å². The predicted molar refractivity (Wildman–Crippen MR) is 105 cm³/mol. The molecule has 0 aromatic carbocycles. The fourth-order valence-corrected chi connectivity index (χ4v) is 4.51. The number of carbonyl (C=O) groups excluding carboxylic acids is 2. The van der Waals surface area contributed by atoms with Crippen LogP contribution in [-0.2, 0) is 9.59 Å². The van der Waals surface area contributed by atoms with Crippen LogP contribution in [0.15, 0.2) is 4.99 Å². The summed E-state index contributed by atoms with van der Waals surface area (Å²) in [5.41, 5.74) is 0. The van der Waals surface area contributed by atoms with Crippen molar-refractivity contribution in [1.29, 1.82) is 0 Å². The first-order valence-electron chi connectivity index (χ1n) is 9.97. The van der Waals surface area contributed by atoms with Gasteiger partial charge in [0.2, 0.25) is 11.8 Å². The average molecular weight is 368 g/mol. The number of hydrogen-bond acceptors (Lipinski definition) is 4. The molecule has 1 saturated carbocycles. The van der Waals surface area contributed by atoms with Gasteiger partial charge in [0.15, 0.2) is 5.17 Å². The van der Waals surface area contributed by atoms with Crippen molar-refractivity contribution in [3.05, 3.63) is 0 Å². The van der Waals surface area contributed by atoms with Crippen LogP contribution in [0.4, 0.5) is 0 Å². The molecule has 0 bridgehead atoms. The highest BCUT2D eigenvalue weighted by Crippen LogP contribution is 2.30. The molecule has 142 valence electrons. The Morgan fingerprint density at radius 3 is 2.60 bits per heavy atom. The number of unbranched alkanes of at least 4 members (excludes halogenated alkanes) is 2. The van der Waals surface area contributed by atoms with Crippen molar-refractivity contribution >= 4 is 28.7 Å². The topological polar surface area (TPSA) is 61.8 Å². The number of amidine groups is 1. The molecular weight excluding hydrogens is 334 g/mol. The van der Waals surface area contributed by atoms with E-state index in [1.54, 1.807) is 0 Å². The van der Waals surface area contributed by atoms with Crippen LogP contribution in [0.25, 0.3) is 0 Å². The van der Waals surface area contributed by atoms with Crippen molar-refractivity contribution in [2.24, 2.45) is 4.99 Å². The maximum absolute atomic E-state index is 12.7. The van der Waals surface area contributed by atoms with Crippen LogP contribution in [0.1, 0.15) is 78.1 Å². The van der Waals surface area contributed by atoms with Gasteiger partial charge in [-0.05, 0) is 25.7 Å². The number of nitrogens with one attached hydrogen (secondary N) is 1. The van der Waals surface area contributed by atoms with Crippen molar-refractivity contribution in [3.8, 4) is 0 Å². The lowest BCUT2D eigenvalue weighted by molar-refractivity contribution is -0.129. The third-order valence-electron chi connectivity index (χ3n) is 4.86. The summed E-state index contributed by atoms with van der Waals surface area (Å²) >= 11 is 1.48. The fourth-order valence-electron chi connectivity index (χ4n) is 3.32. The van der Waals surface area contributed by atoms with E-state index < -0.39 is 0 Å². The highest BCUT2D eigenvalue weighted by atomic mass is 32.2. The molecule has 1 N–H and O–H groups in total. The number of carbonyl (C=O) groups is 2. The summed E-state index contributed by atoms with van der Waals surface area (Å²) in [6.07, 6.45) is 10.2. The van der Waals surface area contributed by atoms with E-state index in [1.165, 1.54) is 31.0 Å². The maximum atomic E-state index is 12.7. The lowest BCUT2D eigenvalue weighted by atomic mass is 9.95. The zero-order chi connectivity index (χ0) is 18.1. The first-order valence-corrected chi connectivity index (χ1v) is 10.9. The lowest BCUT2D eigenvalue weighted by Gasteiger charge is -2.23. The van der Waals surface area contributed by atoms with E-state index >= 15 is 0 Å². The Morgan fingerprint density at radius 1 is 1.20 bits per heavy atom. The summed E-state index contributed by atoms with van der Waals surface area (Å²) in [6, 6.07) is 0.302. The molecule has 2 aliphatic rings. The van der Waals surface area contributed by atoms with Gasteiger partial charge in [-0.15, -0.1) is 0 Å². The molecule has 0 aromatic heterocycles. The van der Waals surface area contributed by atoms with E-state index in [9.17, 15) is 9.59 Å². The summed E-state index contributed by atoms with van der Waals surface area (Å²) in [6.45, 7) is 5.74. The van der Waals surface area contributed by atoms with Gasteiger partial charge in [0, 0.05) is 25.6 Å². The molecule has 25 heavy (non-hydrogen) atoms. The molecular formula is C19H33N3O2S. The summed E-state index contributed by atoms with van der Waals surface area (Å²) in [7, 11) is 0. The summed E-state index contributed by atoms with van der Waals surface area (Å²) < 4.78 is 0. The molecule has 0 aromatic rings. The number of rotatable bonds is 9. The van der Waals surface area contributed by atoms with E-state index in [0.717, 1.165) is 50.2 Å². The van der Waals surface area contributed by atoms with Gasteiger partial charge >= 0.3 is 0 Å². The van der Waals surface area contributed by atoms with Crippen LogP contribution in [0.3, 0.4) is 0 Å². The fraction of sp³-hybridized carbons (Fsp3) is 0.842. The van der Waals surface area contributed by atoms with Gasteiger partial charge in [-0.1, -0.05) is 57.7 Å². The number of hydrogen-bond donors (Lipinski definition) is 1. The number of amides is 2. The van der Waals surface area contributed by atoms with Gasteiger partial charge in [0.05, 0.1) is 0 Å². The molecule has 1 unspecified atom stereocenters. The minimum absolute atomic E-state index is 0.0167. The van der Waals surface area contributed by atoms with Gasteiger partial charge in [-0.3, -0.25) is 19.5 Å². The second-order valence-electron chi connectivity index (χ2n) is 7.07. The molecule has 1 heterocycles. The summed E-state index contributed by atoms with van der Waals surface area (Å²) in [5, 5.41) is 3.65. The third-order valence-corrected chi connectivity index (χ3v) is 6.07. The first-order chi connectivity index (χ1) is 12.2. The van der Waals surface area contributed by atoms with Gasteiger partial charge in [-0.2, -0.15) is 0 Å². The zero-order valence-electron chi connectivity index (χ0n) is 15.8. The zero-order valence-corrected chi connectivity index (χ0v) is 16.6. The maximum Gasteiger partial charge on any atom is 0.242 e. The molecule has 0 spiro atoms. The van der Waals surface area contributed by atoms with Crippen molar-refractivity contribution < 1.29 is 9.59 Å². The van der Waals surface area contributed by atoms with E-state index in [2.05, 4.69) is 24.2 Å². The highest BCUT2D eigenvalue weighted by Gasteiger charge is 2.38. The quantitative estimate of drug-likeness (QED) is 0.632. The Balaban J connectivity index is 1.91. The molecule has 1 aliphatic carbocycles.